The molecular weight excluding hydrogens is 288 g/mol. The van der Waals surface area contributed by atoms with Gasteiger partial charge in [-0.25, -0.2) is 4.79 Å². The van der Waals surface area contributed by atoms with Crippen LogP contribution in [0.3, 0.4) is 0 Å². The predicted octanol–water partition coefficient (Wildman–Crippen LogP) is 1.92. The van der Waals surface area contributed by atoms with E-state index in [1.54, 1.807) is 13.8 Å². The summed E-state index contributed by atoms with van der Waals surface area (Å²) in [5.74, 6) is -1.06. The second kappa shape index (κ2) is 7.92. The first kappa shape index (κ1) is 17.4. The zero-order chi connectivity index (χ0) is 16.7. The molecule has 0 saturated heterocycles. The van der Waals surface area contributed by atoms with E-state index in [4.69, 9.17) is 0 Å². The fourth-order valence-corrected chi connectivity index (χ4v) is 1.71. The minimum absolute atomic E-state index is 0.0211. The molecular formula is C15H18N2O5. The third kappa shape index (κ3) is 5.01. The van der Waals surface area contributed by atoms with Crippen molar-refractivity contribution in [3.8, 4) is 0 Å². The molecule has 0 radical (unpaired) electrons. The van der Waals surface area contributed by atoms with Gasteiger partial charge in [0.1, 0.15) is 6.04 Å². The highest BCUT2D eigenvalue weighted by Gasteiger charge is 2.23. The Morgan fingerprint density at radius 2 is 1.86 bits per heavy atom. The van der Waals surface area contributed by atoms with Crippen LogP contribution in [0.25, 0.3) is 6.08 Å². The van der Waals surface area contributed by atoms with Crippen LogP contribution in [0.5, 0.6) is 0 Å². The fraction of sp³-hybridized carbons (Fsp3) is 0.333. The number of nitro benzene ring substituents is 1. The number of nitro groups is 1. The van der Waals surface area contributed by atoms with E-state index in [-0.39, 0.29) is 11.6 Å². The average molecular weight is 306 g/mol. The molecule has 0 fully saturated rings. The van der Waals surface area contributed by atoms with Crippen molar-refractivity contribution >= 4 is 23.6 Å². The van der Waals surface area contributed by atoms with Crippen molar-refractivity contribution < 1.29 is 19.2 Å². The normalized spacial score (nSPS) is 12.2. The Bertz CT molecular complexity index is 578. The highest BCUT2D eigenvalue weighted by molar-refractivity contribution is 5.94. The van der Waals surface area contributed by atoms with Gasteiger partial charge in [0.25, 0.3) is 5.69 Å². The van der Waals surface area contributed by atoms with Crippen LogP contribution in [-0.2, 0) is 14.3 Å². The largest absolute Gasteiger partial charge is 0.467 e. The summed E-state index contributed by atoms with van der Waals surface area (Å²) in [4.78, 5) is 33.4. The maximum Gasteiger partial charge on any atom is 0.328 e. The third-order valence-electron chi connectivity index (χ3n) is 2.95. The SMILES string of the molecule is COC(=O)[C@@H](NC(=O)/C=C/c1ccc([N+](=O)[O-])cc1)C(C)C. The van der Waals surface area contributed by atoms with E-state index in [2.05, 4.69) is 10.1 Å². The van der Waals surface area contributed by atoms with Crippen LogP contribution >= 0.6 is 0 Å². The van der Waals surface area contributed by atoms with E-state index in [0.717, 1.165) is 0 Å². The Morgan fingerprint density at radius 1 is 1.27 bits per heavy atom. The number of carbonyl (C=O) groups is 2. The molecule has 0 aromatic heterocycles. The van der Waals surface area contributed by atoms with Gasteiger partial charge in [-0.05, 0) is 29.7 Å². The average Bonchev–Trinajstić information content (AvgIpc) is 2.49. The summed E-state index contributed by atoms with van der Waals surface area (Å²) in [6, 6.07) is 5.04. The van der Waals surface area contributed by atoms with E-state index < -0.39 is 22.8 Å². The van der Waals surface area contributed by atoms with Crippen molar-refractivity contribution in [2.75, 3.05) is 7.11 Å². The van der Waals surface area contributed by atoms with Crippen molar-refractivity contribution in [2.45, 2.75) is 19.9 Å². The van der Waals surface area contributed by atoms with E-state index >= 15 is 0 Å². The summed E-state index contributed by atoms with van der Waals surface area (Å²) < 4.78 is 4.63. The molecule has 1 N–H and O–H groups in total. The van der Waals surface area contributed by atoms with Crippen molar-refractivity contribution in [1.82, 2.24) is 5.32 Å². The van der Waals surface area contributed by atoms with E-state index in [9.17, 15) is 19.7 Å². The summed E-state index contributed by atoms with van der Waals surface area (Å²) in [5.41, 5.74) is 0.618. The molecule has 1 amide bonds. The Labute approximate surface area is 128 Å². The van der Waals surface area contributed by atoms with Crippen LogP contribution in [0.2, 0.25) is 0 Å². The highest BCUT2D eigenvalue weighted by atomic mass is 16.6. The topological polar surface area (TPSA) is 98.5 Å². The lowest BCUT2D eigenvalue weighted by molar-refractivity contribution is -0.384. The van der Waals surface area contributed by atoms with Gasteiger partial charge in [0.2, 0.25) is 5.91 Å². The first-order chi connectivity index (χ1) is 10.3. The van der Waals surface area contributed by atoms with Crippen LogP contribution in [0.15, 0.2) is 30.3 Å². The van der Waals surface area contributed by atoms with Crippen LogP contribution in [0.1, 0.15) is 19.4 Å². The van der Waals surface area contributed by atoms with Crippen LogP contribution in [0.4, 0.5) is 5.69 Å². The number of benzene rings is 1. The van der Waals surface area contributed by atoms with Crippen molar-refractivity contribution in [3.05, 3.63) is 46.0 Å². The molecule has 118 valence electrons. The molecule has 22 heavy (non-hydrogen) atoms. The summed E-state index contributed by atoms with van der Waals surface area (Å²) in [6.07, 6.45) is 2.77. The molecule has 1 aromatic carbocycles. The fourth-order valence-electron chi connectivity index (χ4n) is 1.71. The molecule has 0 aliphatic heterocycles. The molecule has 0 unspecified atom stereocenters. The molecule has 0 heterocycles. The van der Waals surface area contributed by atoms with Gasteiger partial charge in [-0.1, -0.05) is 13.8 Å². The minimum atomic E-state index is -0.723. The second-order valence-corrected chi connectivity index (χ2v) is 4.94. The molecule has 0 saturated carbocycles. The Morgan fingerprint density at radius 3 is 2.32 bits per heavy atom. The van der Waals surface area contributed by atoms with Crippen LogP contribution < -0.4 is 5.32 Å². The maximum atomic E-state index is 11.8. The zero-order valence-electron chi connectivity index (χ0n) is 12.6. The van der Waals surface area contributed by atoms with Crippen LogP contribution in [-0.4, -0.2) is 30.0 Å². The number of carbonyl (C=O) groups excluding carboxylic acids is 2. The van der Waals surface area contributed by atoms with Gasteiger partial charge < -0.3 is 10.1 Å². The Kier molecular flexibility index (Phi) is 6.25. The van der Waals surface area contributed by atoms with Gasteiger partial charge in [-0.15, -0.1) is 0 Å². The van der Waals surface area contributed by atoms with Crippen LogP contribution in [0, 0.1) is 16.0 Å². The number of amides is 1. The lowest BCUT2D eigenvalue weighted by Gasteiger charge is -2.18. The van der Waals surface area contributed by atoms with Gasteiger partial charge in [-0.2, -0.15) is 0 Å². The monoisotopic (exact) mass is 306 g/mol. The number of ether oxygens (including phenoxy) is 1. The Balaban J connectivity index is 2.70. The number of non-ortho nitro benzene ring substituents is 1. The number of rotatable bonds is 6. The predicted molar refractivity (Wildman–Crippen MR) is 80.9 cm³/mol. The summed E-state index contributed by atoms with van der Waals surface area (Å²) in [5, 5.41) is 13.1. The van der Waals surface area contributed by atoms with Crippen molar-refractivity contribution in [1.29, 1.82) is 0 Å². The molecule has 1 rings (SSSR count). The lowest BCUT2D eigenvalue weighted by Crippen LogP contribution is -2.44. The molecule has 1 aromatic rings. The number of esters is 1. The Hall–Kier alpha value is -2.70. The first-order valence-electron chi connectivity index (χ1n) is 6.66. The van der Waals surface area contributed by atoms with E-state index in [1.807, 2.05) is 0 Å². The molecule has 7 nitrogen and oxygen atoms in total. The van der Waals surface area contributed by atoms with Crippen molar-refractivity contribution in [3.63, 3.8) is 0 Å². The number of nitrogens with one attached hydrogen (secondary N) is 1. The smallest absolute Gasteiger partial charge is 0.328 e. The molecule has 7 heteroatoms. The van der Waals surface area contributed by atoms with Gasteiger partial charge in [0.15, 0.2) is 0 Å². The molecule has 0 aliphatic rings. The number of hydrogen-bond donors (Lipinski definition) is 1. The van der Waals surface area contributed by atoms with Gasteiger partial charge >= 0.3 is 5.97 Å². The molecule has 1 atom stereocenters. The molecule has 0 spiro atoms. The number of nitrogens with zero attached hydrogens (tertiary/aromatic N) is 1. The zero-order valence-corrected chi connectivity index (χ0v) is 12.6. The number of methoxy groups -OCH3 is 1. The summed E-state index contributed by atoms with van der Waals surface area (Å²) >= 11 is 0. The maximum absolute atomic E-state index is 11.8. The lowest BCUT2D eigenvalue weighted by atomic mass is 10.0. The summed E-state index contributed by atoms with van der Waals surface area (Å²) in [7, 11) is 1.26. The van der Waals surface area contributed by atoms with E-state index in [0.29, 0.717) is 5.56 Å². The highest BCUT2D eigenvalue weighted by Crippen LogP contribution is 2.12. The number of hydrogen-bond acceptors (Lipinski definition) is 5. The molecule has 0 aliphatic carbocycles. The third-order valence-corrected chi connectivity index (χ3v) is 2.95. The minimum Gasteiger partial charge on any atom is -0.467 e. The van der Waals surface area contributed by atoms with Gasteiger partial charge in [0, 0.05) is 18.2 Å². The standard InChI is InChI=1S/C15H18N2O5/c1-10(2)14(15(19)22-3)16-13(18)9-6-11-4-7-12(8-5-11)17(20)21/h4-10,14H,1-3H3,(H,16,18)/b9-6+/t14-/m0/s1. The van der Waals surface area contributed by atoms with Gasteiger partial charge in [-0.3, -0.25) is 14.9 Å². The first-order valence-corrected chi connectivity index (χ1v) is 6.66. The molecule has 0 bridgehead atoms. The van der Waals surface area contributed by atoms with Crippen molar-refractivity contribution in [2.24, 2.45) is 5.92 Å². The quantitative estimate of drug-likeness (QED) is 0.375. The van der Waals surface area contributed by atoms with Gasteiger partial charge in [0.05, 0.1) is 12.0 Å². The summed E-state index contributed by atoms with van der Waals surface area (Å²) in [6.45, 7) is 3.59. The van der Waals surface area contributed by atoms with E-state index in [1.165, 1.54) is 43.5 Å². The second-order valence-electron chi connectivity index (χ2n) is 4.94.